The highest BCUT2D eigenvalue weighted by Crippen LogP contribution is 2.15. The predicted octanol–water partition coefficient (Wildman–Crippen LogP) is 1.40. The average Bonchev–Trinajstić information content (AvgIpc) is 2.46. The van der Waals surface area contributed by atoms with Crippen molar-refractivity contribution in [1.82, 2.24) is 0 Å². The quantitative estimate of drug-likeness (QED) is 0.809. The Morgan fingerprint density at radius 2 is 1.53 bits per heavy atom. The molecule has 0 saturated carbocycles. The third kappa shape index (κ3) is 2.86. The summed E-state index contributed by atoms with van der Waals surface area (Å²) >= 11 is 0. The fraction of sp³-hybridized carbons (Fsp3) is 0.0667. The minimum absolute atomic E-state index is 0.112. The molecule has 0 saturated heterocycles. The summed E-state index contributed by atoms with van der Waals surface area (Å²) in [5.74, 6) is -0.733. The van der Waals surface area contributed by atoms with Crippen LogP contribution in [0.3, 0.4) is 0 Å². The molecule has 0 spiro atoms. The Morgan fingerprint density at radius 3 is 2.16 bits per heavy atom. The Morgan fingerprint density at radius 1 is 0.895 bits per heavy atom. The van der Waals surface area contributed by atoms with Crippen molar-refractivity contribution in [3.05, 3.63) is 71.3 Å². The third-order valence-electron chi connectivity index (χ3n) is 2.85. The van der Waals surface area contributed by atoms with E-state index >= 15 is 0 Å². The van der Waals surface area contributed by atoms with Crippen LogP contribution in [0.1, 0.15) is 27.5 Å². The molecule has 0 aliphatic heterocycles. The molecule has 0 aliphatic carbocycles. The number of amides is 1. The summed E-state index contributed by atoms with van der Waals surface area (Å²) in [6, 6.07) is 14.7. The Labute approximate surface area is 111 Å². The fourth-order valence-electron chi connectivity index (χ4n) is 1.79. The van der Waals surface area contributed by atoms with Crippen molar-refractivity contribution >= 4 is 11.7 Å². The van der Waals surface area contributed by atoms with Gasteiger partial charge in [0.1, 0.15) is 6.04 Å². The molecule has 0 aliphatic rings. The summed E-state index contributed by atoms with van der Waals surface area (Å²) in [4.78, 5) is 23.3. The molecule has 1 atom stereocenters. The Bertz CT molecular complexity index is 609. The molecule has 2 aromatic rings. The highest BCUT2D eigenvalue weighted by atomic mass is 16.1. The zero-order valence-electron chi connectivity index (χ0n) is 10.2. The van der Waals surface area contributed by atoms with Crippen molar-refractivity contribution in [2.45, 2.75) is 6.04 Å². The van der Waals surface area contributed by atoms with E-state index in [9.17, 15) is 9.59 Å². The van der Waals surface area contributed by atoms with Crippen molar-refractivity contribution in [1.29, 1.82) is 0 Å². The molecule has 0 aromatic heterocycles. The summed E-state index contributed by atoms with van der Waals surface area (Å²) < 4.78 is 0. The van der Waals surface area contributed by atoms with Crippen molar-refractivity contribution in [3.8, 4) is 0 Å². The van der Waals surface area contributed by atoms with E-state index in [0.717, 1.165) is 0 Å². The largest absolute Gasteiger partial charge is 0.368 e. The van der Waals surface area contributed by atoms with Crippen LogP contribution in [-0.4, -0.2) is 11.7 Å². The van der Waals surface area contributed by atoms with Gasteiger partial charge in [-0.3, -0.25) is 9.59 Å². The van der Waals surface area contributed by atoms with Crippen LogP contribution >= 0.6 is 0 Å². The first-order valence-electron chi connectivity index (χ1n) is 5.84. The molecule has 0 heterocycles. The molecule has 2 rings (SSSR count). The minimum atomic E-state index is -0.900. The van der Waals surface area contributed by atoms with Crippen molar-refractivity contribution < 1.29 is 9.59 Å². The summed E-state index contributed by atoms with van der Waals surface area (Å²) in [5, 5.41) is 0. The number of carbonyl (C=O) groups is 2. The number of hydrogen-bond acceptors (Lipinski definition) is 3. The van der Waals surface area contributed by atoms with E-state index in [1.54, 1.807) is 48.5 Å². The van der Waals surface area contributed by atoms with Crippen LogP contribution in [0.2, 0.25) is 0 Å². The van der Waals surface area contributed by atoms with Gasteiger partial charge in [-0.05, 0) is 11.6 Å². The summed E-state index contributed by atoms with van der Waals surface area (Å²) in [6.07, 6.45) is 0. The maximum Gasteiger partial charge on any atom is 0.238 e. The number of benzene rings is 2. The van der Waals surface area contributed by atoms with Crippen molar-refractivity contribution in [2.24, 2.45) is 11.5 Å². The molecular formula is C15H14N2O2. The summed E-state index contributed by atoms with van der Waals surface area (Å²) in [6.45, 7) is 0. The molecular weight excluding hydrogens is 240 g/mol. The first-order valence-corrected chi connectivity index (χ1v) is 5.84. The van der Waals surface area contributed by atoms with Gasteiger partial charge in [-0.25, -0.2) is 0 Å². The van der Waals surface area contributed by atoms with Crippen molar-refractivity contribution in [2.75, 3.05) is 0 Å². The van der Waals surface area contributed by atoms with Crippen LogP contribution in [-0.2, 0) is 4.79 Å². The normalized spacial score (nSPS) is 11.8. The van der Waals surface area contributed by atoms with Gasteiger partial charge < -0.3 is 11.5 Å². The van der Waals surface area contributed by atoms with Gasteiger partial charge in [-0.1, -0.05) is 48.5 Å². The van der Waals surface area contributed by atoms with E-state index in [1.165, 1.54) is 0 Å². The second-order valence-corrected chi connectivity index (χ2v) is 4.20. The molecule has 0 radical (unpaired) electrons. The predicted molar refractivity (Wildman–Crippen MR) is 72.4 cm³/mol. The molecule has 0 bridgehead atoms. The monoisotopic (exact) mass is 254 g/mol. The number of hydrogen-bond donors (Lipinski definition) is 2. The Hall–Kier alpha value is -2.46. The summed E-state index contributed by atoms with van der Waals surface area (Å²) in [7, 11) is 0. The lowest BCUT2D eigenvalue weighted by molar-refractivity contribution is -0.119. The zero-order chi connectivity index (χ0) is 13.8. The number of ketones is 1. The third-order valence-corrected chi connectivity index (χ3v) is 2.85. The van der Waals surface area contributed by atoms with Crippen molar-refractivity contribution in [3.63, 3.8) is 0 Å². The SMILES string of the molecule is NC(=O)C(N)c1cccc(C(=O)c2ccccc2)c1. The maximum absolute atomic E-state index is 12.2. The van der Waals surface area contributed by atoms with Crippen LogP contribution in [0.4, 0.5) is 0 Å². The fourth-order valence-corrected chi connectivity index (χ4v) is 1.79. The highest BCUT2D eigenvalue weighted by Gasteiger charge is 2.15. The van der Waals surface area contributed by atoms with Gasteiger partial charge >= 0.3 is 0 Å². The topological polar surface area (TPSA) is 86.2 Å². The van der Waals surface area contributed by atoms with E-state index < -0.39 is 11.9 Å². The highest BCUT2D eigenvalue weighted by molar-refractivity contribution is 6.09. The summed E-state index contributed by atoms with van der Waals surface area (Å²) in [5.41, 5.74) is 12.4. The van der Waals surface area contributed by atoms with E-state index in [-0.39, 0.29) is 5.78 Å². The smallest absolute Gasteiger partial charge is 0.238 e. The molecule has 0 fully saturated rings. The lowest BCUT2D eigenvalue weighted by atomic mass is 9.98. The molecule has 4 N–H and O–H groups in total. The molecule has 96 valence electrons. The minimum Gasteiger partial charge on any atom is -0.368 e. The van der Waals surface area contributed by atoms with Gasteiger partial charge in [0.15, 0.2) is 5.78 Å². The first kappa shape index (κ1) is 13.0. The van der Waals surface area contributed by atoms with E-state index in [0.29, 0.717) is 16.7 Å². The molecule has 4 heteroatoms. The number of rotatable bonds is 4. The van der Waals surface area contributed by atoms with E-state index in [1.807, 2.05) is 6.07 Å². The lowest BCUT2D eigenvalue weighted by Crippen LogP contribution is -2.28. The van der Waals surface area contributed by atoms with E-state index in [4.69, 9.17) is 11.5 Å². The average molecular weight is 254 g/mol. The lowest BCUT2D eigenvalue weighted by Gasteiger charge is -2.09. The number of primary amides is 1. The number of nitrogens with two attached hydrogens (primary N) is 2. The van der Waals surface area contributed by atoms with Gasteiger partial charge in [0.05, 0.1) is 0 Å². The van der Waals surface area contributed by atoms with Gasteiger partial charge in [-0.2, -0.15) is 0 Å². The van der Waals surface area contributed by atoms with Crippen LogP contribution in [0.5, 0.6) is 0 Å². The molecule has 4 nitrogen and oxygen atoms in total. The second-order valence-electron chi connectivity index (χ2n) is 4.20. The second kappa shape index (κ2) is 5.46. The van der Waals surface area contributed by atoms with Crippen LogP contribution in [0.15, 0.2) is 54.6 Å². The molecule has 1 unspecified atom stereocenters. The molecule has 2 aromatic carbocycles. The van der Waals surface area contributed by atoms with Gasteiger partial charge in [0.2, 0.25) is 5.91 Å². The molecule has 1 amide bonds. The zero-order valence-corrected chi connectivity index (χ0v) is 10.2. The standard InChI is InChI=1S/C15H14N2O2/c16-13(15(17)19)11-7-4-8-12(9-11)14(18)10-5-2-1-3-6-10/h1-9,13H,16H2,(H2,17,19). The first-order chi connectivity index (χ1) is 9.09. The Balaban J connectivity index is 2.34. The van der Waals surface area contributed by atoms with Gasteiger partial charge in [0.25, 0.3) is 0 Å². The van der Waals surface area contributed by atoms with Gasteiger partial charge in [-0.15, -0.1) is 0 Å². The van der Waals surface area contributed by atoms with E-state index in [2.05, 4.69) is 0 Å². The number of carbonyl (C=O) groups excluding carboxylic acids is 2. The van der Waals surface area contributed by atoms with Crippen LogP contribution < -0.4 is 11.5 Å². The Kier molecular flexibility index (Phi) is 3.73. The maximum atomic E-state index is 12.2. The van der Waals surface area contributed by atoms with Crippen LogP contribution in [0, 0.1) is 0 Å². The molecule has 19 heavy (non-hydrogen) atoms. The van der Waals surface area contributed by atoms with Gasteiger partial charge in [0, 0.05) is 11.1 Å². The van der Waals surface area contributed by atoms with Crippen LogP contribution in [0.25, 0.3) is 0 Å².